The molecule has 174 valence electrons. The van der Waals surface area contributed by atoms with Gasteiger partial charge in [0.25, 0.3) is 15.9 Å². The van der Waals surface area contributed by atoms with E-state index in [1.165, 1.54) is 31.6 Å². The van der Waals surface area contributed by atoms with Crippen molar-refractivity contribution in [1.29, 1.82) is 0 Å². The summed E-state index contributed by atoms with van der Waals surface area (Å²) < 4.78 is 45.3. The number of ether oxygens (including phenoxy) is 3. The SMILES string of the molecule is COc1ccc(OC)c(S(=O)(=O)Nc2sc3c(c2C(=O)NC[C@H]2CCCO2)CCCC3)c1. The Kier molecular flexibility index (Phi) is 6.92. The van der Waals surface area contributed by atoms with Gasteiger partial charge in [-0.2, -0.15) is 0 Å². The summed E-state index contributed by atoms with van der Waals surface area (Å²) in [5.41, 5.74) is 1.37. The second-order valence-electron chi connectivity index (χ2n) is 7.88. The molecule has 8 nitrogen and oxygen atoms in total. The van der Waals surface area contributed by atoms with Gasteiger partial charge in [0.2, 0.25) is 0 Å². The smallest absolute Gasteiger partial charge is 0.266 e. The van der Waals surface area contributed by atoms with Gasteiger partial charge >= 0.3 is 0 Å². The molecule has 1 aromatic heterocycles. The van der Waals surface area contributed by atoms with E-state index in [0.29, 0.717) is 29.5 Å². The highest BCUT2D eigenvalue weighted by Crippen LogP contribution is 2.40. The van der Waals surface area contributed by atoms with Crippen molar-refractivity contribution in [1.82, 2.24) is 5.32 Å². The van der Waals surface area contributed by atoms with Gasteiger partial charge in [-0.3, -0.25) is 9.52 Å². The fraction of sp³-hybridized carbons (Fsp3) is 0.500. The lowest BCUT2D eigenvalue weighted by molar-refractivity contribution is 0.0858. The molecule has 1 aromatic carbocycles. The van der Waals surface area contributed by atoms with Gasteiger partial charge in [0.15, 0.2) is 0 Å². The van der Waals surface area contributed by atoms with E-state index in [1.807, 2.05) is 0 Å². The maximum Gasteiger partial charge on any atom is 0.266 e. The number of nitrogens with one attached hydrogen (secondary N) is 2. The van der Waals surface area contributed by atoms with E-state index in [0.717, 1.165) is 49.0 Å². The topological polar surface area (TPSA) is 103 Å². The first-order valence-electron chi connectivity index (χ1n) is 10.7. The quantitative estimate of drug-likeness (QED) is 0.601. The van der Waals surface area contributed by atoms with E-state index >= 15 is 0 Å². The third-order valence-electron chi connectivity index (χ3n) is 5.80. The van der Waals surface area contributed by atoms with Crippen LogP contribution in [0.2, 0.25) is 0 Å². The molecule has 2 N–H and O–H groups in total. The lowest BCUT2D eigenvalue weighted by Gasteiger charge is -2.16. The molecule has 2 heterocycles. The van der Waals surface area contributed by atoms with E-state index in [4.69, 9.17) is 14.2 Å². The van der Waals surface area contributed by atoms with Crippen LogP contribution in [-0.4, -0.2) is 47.8 Å². The first-order chi connectivity index (χ1) is 15.4. The minimum Gasteiger partial charge on any atom is -0.497 e. The van der Waals surface area contributed by atoms with Crippen LogP contribution in [0.25, 0.3) is 0 Å². The van der Waals surface area contributed by atoms with Crippen molar-refractivity contribution in [3.8, 4) is 11.5 Å². The molecule has 1 atom stereocenters. The third kappa shape index (κ3) is 4.72. The Morgan fingerprint density at radius 3 is 2.72 bits per heavy atom. The van der Waals surface area contributed by atoms with Gasteiger partial charge in [-0.15, -0.1) is 11.3 Å². The summed E-state index contributed by atoms with van der Waals surface area (Å²) in [7, 11) is -1.14. The van der Waals surface area contributed by atoms with Crippen LogP contribution in [-0.2, 0) is 27.6 Å². The molecule has 10 heteroatoms. The molecule has 1 aliphatic heterocycles. The van der Waals surface area contributed by atoms with Gasteiger partial charge in [0, 0.05) is 24.1 Å². The first kappa shape index (κ1) is 22.9. The molecule has 1 aliphatic carbocycles. The highest BCUT2D eigenvalue weighted by atomic mass is 32.2. The van der Waals surface area contributed by atoms with Crippen molar-refractivity contribution in [2.24, 2.45) is 0 Å². The Hall–Kier alpha value is -2.30. The summed E-state index contributed by atoms with van der Waals surface area (Å²) in [4.78, 5) is 14.2. The fourth-order valence-electron chi connectivity index (χ4n) is 4.15. The van der Waals surface area contributed by atoms with E-state index in [1.54, 1.807) is 12.1 Å². The fourth-order valence-corrected chi connectivity index (χ4v) is 6.93. The predicted octanol–water partition coefficient (Wildman–Crippen LogP) is 3.35. The number of benzene rings is 1. The van der Waals surface area contributed by atoms with Crippen molar-refractivity contribution in [3.63, 3.8) is 0 Å². The number of hydrogen-bond donors (Lipinski definition) is 2. The zero-order valence-electron chi connectivity index (χ0n) is 18.2. The average Bonchev–Trinajstić information content (AvgIpc) is 3.44. The van der Waals surface area contributed by atoms with Crippen LogP contribution in [0.1, 0.15) is 46.5 Å². The largest absolute Gasteiger partial charge is 0.497 e. The van der Waals surface area contributed by atoms with E-state index < -0.39 is 10.0 Å². The number of rotatable bonds is 8. The van der Waals surface area contributed by atoms with Crippen LogP contribution in [0.5, 0.6) is 11.5 Å². The summed E-state index contributed by atoms with van der Waals surface area (Å²) in [6, 6.07) is 4.58. The van der Waals surface area contributed by atoms with Crippen molar-refractivity contribution in [2.45, 2.75) is 49.5 Å². The predicted molar refractivity (Wildman–Crippen MR) is 123 cm³/mol. The van der Waals surface area contributed by atoms with Crippen LogP contribution in [0, 0.1) is 0 Å². The first-order valence-corrected chi connectivity index (χ1v) is 13.0. The monoisotopic (exact) mass is 480 g/mol. The summed E-state index contributed by atoms with van der Waals surface area (Å²) in [5.74, 6) is 0.324. The zero-order valence-corrected chi connectivity index (χ0v) is 19.9. The molecule has 1 amide bonds. The Morgan fingerprint density at radius 2 is 2.00 bits per heavy atom. The lowest BCUT2D eigenvalue weighted by Crippen LogP contribution is -2.32. The van der Waals surface area contributed by atoms with Crippen LogP contribution in [0.3, 0.4) is 0 Å². The molecule has 0 bridgehead atoms. The Morgan fingerprint density at radius 1 is 1.19 bits per heavy atom. The van der Waals surface area contributed by atoms with Crippen molar-refractivity contribution >= 4 is 32.3 Å². The summed E-state index contributed by atoms with van der Waals surface area (Å²) in [6.45, 7) is 1.13. The number of carbonyl (C=O) groups excluding carboxylic acids is 1. The standard InChI is InChI=1S/C22H28N2O6S2/c1-28-14-9-10-17(29-2)19(12-14)32(26,27)24-22-20(16-7-3-4-8-18(16)31-22)21(25)23-13-15-6-5-11-30-15/h9-10,12,15,24H,3-8,11,13H2,1-2H3,(H,23,25)/t15-/m1/s1. The molecule has 2 aliphatic rings. The molecule has 2 aromatic rings. The number of hydrogen-bond acceptors (Lipinski definition) is 7. The molecule has 0 spiro atoms. The number of methoxy groups -OCH3 is 2. The highest BCUT2D eigenvalue weighted by molar-refractivity contribution is 7.93. The molecule has 1 fully saturated rings. The number of thiophene rings is 1. The van der Waals surface area contributed by atoms with E-state index in [-0.39, 0.29) is 22.7 Å². The van der Waals surface area contributed by atoms with Gasteiger partial charge in [0.05, 0.1) is 25.9 Å². The maximum atomic E-state index is 13.3. The van der Waals surface area contributed by atoms with Crippen molar-refractivity contribution in [2.75, 3.05) is 32.1 Å². The minimum absolute atomic E-state index is 0.00889. The summed E-state index contributed by atoms with van der Waals surface area (Å²) >= 11 is 1.34. The molecule has 32 heavy (non-hydrogen) atoms. The van der Waals surface area contributed by atoms with Crippen LogP contribution in [0.15, 0.2) is 23.1 Å². The van der Waals surface area contributed by atoms with Gasteiger partial charge < -0.3 is 19.5 Å². The number of fused-ring (bicyclic) bond motifs is 1. The molecule has 4 rings (SSSR count). The third-order valence-corrected chi connectivity index (χ3v) is 8.51. The molecule has 1 saturated heterocycles. The molecular formula is C22H28N2O6S2. The van der Waals surface area contributed by atoms with Crippen molar-refractivity contribution in [3.05, 3.63) is 34.2 Å². The van der Waals surface area contributed by atoms with Gasteiger partial charge in [-0.05, 0) is 56.2 Å². The number of anilines is 1. The van der Waals surface area contributed by atoms with Crippen LogP contribution >= 0.6 is 11.3 Å². The molecule has 0 saturated carbocycles. The highest BCUT2D eigenvalue weighted by Gasteiger charge is 2.30. The molecule has 0 unspecified atom stereocenters. The van der Waals surface area contributed by atoms with Gasteiger partial charge in [-0.1, -0.05) is 0 Å². The Bertz CT molecular complexity index is 1090. The Labute approximate surface area is 192 Å². The number of carbonyl (C=O) groups is 1. The number of amides is 1. The molecule has 0 radical (unpaired) electrons. The number of aryl methyl sites for hydroxylation is 1. The lowest BCUT2D eigenvalue weighted by atomic mass is 9.95. The normalized spacial score (nSPS) is 18.1. The number of sulfonamides is 1. The zero-order chi connectivity index (χ0) is 22.7. The average molecular weight is 481 g/mol. The van der Waals surface area contributed by atoms with Crippen molar-refractivity contribution < 1.29 is 27.4 Å². The summed E-state index contributed by atoms with van der Waals surface area (Å²) in [5, 5.41) is 3.29. The van der Waals surface area contributed by atoms with E-state index in [2.05, 4.69) is 10.0 Å². The second kappa shape index (κ2) is 9.68. The van der Waals surface area contributed by atoms with Gasteiger partial charge in [0.1, 0.15) is 21.4 Å². The Balaban J connectivity index is 1.66. The van der Waals surface area contributed by atoms with Crippen LogP contribution in [0.4, 0.5) is 5.00 Å². The molecular weight excluding hydrogens is 452 g/mol. The van der Waals surface area contributed by atoms with Crippen LogP contribution < -0.4 is 19.5 Å². The maximum absolute atomic E-state index is 13.3. The second-order valence-corrected chi connectivity index (χ2v) is 10.6. The summed E-state index contributed by atoms with van der Waals surface area (Å²) in [6.07, 6.45) is 5.52. The minimum atomic E-state index is -4.02. The van der Waals surface area contributed by atoms with E-state index in [9.17, 15) is 13.2 Å². The van der Waals surface area contributed by atoms with Gasteiger partial charge in [-0.25, -0.2) is 8.42 Å².